The maximum atomic E-state index is 14.0. The highest BCUT2D eigenvalue weighted by molar-refractivity contribution is 5.79. The summed E-state index contributed by atoms with van der Waals surface area (Å²) in [7, 11) is 1.39. The molecule has 0 saturated carbocycles. The van der Waals surface area contributed by atoms with Crippen LogP contribution in [0.3, 0.4) is 0 Å². The normalized spacial score (nSPS) is 23.0. The zero-order valence-corrected chi connectivity index (χ0v) is 10.2. The van der Waals surface area contributed by atoms with Gasteiger partial charge in [0.15, 0.2) is 11.6 Å². The number of ether oxygens (including phenoxy) is 1. The summed E-state index contributed by atoms with van der Waals surface area (Å²) in [5.74, 6) is -1.26. The van der Waals surface area contributed by atoms with E-state index in [1.54, 1.807) is 12.1 Å². The van der Waals surface area contributed by atoms with Crippen LogP contribution in [-0.2, 0) is 11.2 Å². The molecule has 2 N–H and O–H groups in total. The number of methoxy groups -OCH3 is 1. The summed E-state index contributed by atoms with van der Waals surface area (Å²) in [4.78, 5) is 11.4. The smallest absolute Gasteiger partial charge is 0.324 e. The van der Waals surface area contributed by atoms with Gasteiger partial charge in [-0.05, 0) is 31.0 Å². The number of rotatable bonds is 4. The summed E-state index contributed by atoms with van der Waals surface area (Å²) in [5, 5.41) is 12.3. The molecule has 1 aromatic rings. The van der Waals surface area contributed by atoms with E-state index in [9.17, 15) is 14.3 Å². The number of aliphatic carboxylic acids is 1. The average molecular weight is 253 g/mol. The lowest BCUT2D eigenvalue weighted by molar-refractivity contribution is -0.144. The van der Waals surface area contributed by atoms with Gasteiger partial charge in [0.1, 0.15) is 5.54 Å². The summed E-state index contributed by atoms with van der Waals surface area (Å²) in [6.45, 7) is 0.651. The van der Waals surface area contributed by atoms with Crippen LogP contribution >= 0.6 is 0 Å². The van der Waals surface area contributed by atoms with E-state index < -0.39 is 17.3 Å². The van der Waals surface area contributed by atoms with Gasteiger partial charge in [-0.1, -0.05) is 12.1 Å². The maximum absolute atomic E-state index is 14.0. The van der Waals surface area contributed by atoms with Crippen molar-refractivity contribution in [3.8, 4) is 5.75 Å². The van der Waals surface area contributed by atoms with Gasteiger partial charge in [-0.15, -0.1) is 0 Å². The Labute approximate surface area is 105 Å². The molecule has 0 amide bonds. The van der Waals surface area contributed by atoms with Crippen LogP contribution in [-0.4, -0.2) is 30.3 Å². The molecule has 5 heteroatoms. The molecule has 0 radical (unpaired) electrons. The van der Waals surface area contributed by atoms with E-state index in [1.807, 2.05) is 0 Å². The second-order valence-corrected chi connectivity index (χ2v) is 4.53. The molecule has 1 unspecified atom stereocenters. The van der Waals surface area contributed by atoms with Crippen molar-refractivity contribution in [3.63, 3.8) is 0 Å². The first kappa shape index (κ1) is 12.8. The first-order valence-electron chi connectivity index (χ1n) is 5.89. The zero-order valence-electron chi connectivity index (χ0n) is 10.2. The van der Waals surface area contributed by atoms with Gasteiger partial charge >= 0.3 is 5.97 Å². The number of hydrogen-bond acceptors (Lipinski definition) is 3. The highest BCUT2D eigenvalue weighted by Gasteiger charge is 2.41. The van der Waals surface area contributed by atoms with E-state index in [0.29, 0.717) is 18.5 Å². The molecular formula is C13H16FNO3. The highest BCUT2D eigenvalue weighted by Crippen LogP contribution is 2.28. The molecule has 1 saturated heterocycles. The topological polar surface area (TPSA) is 58.6 Å². The predicted octanol–water partition coefficient (Wildman–Crippen LogP) is 1.58. The molecule has 1 aliphatic rings. The zero-order chi connectivity index (χ0) is 13.2. The van der Waals surface area contributed by atoms with E-state index in [-0.39, 0.29) is 12.2 Å². The van der Waals surface area contributed by atoms with E-state index in [1.165, 1.54) is 13.2 Å². The van der Waals surface area contributed by atoms with Gasteiger partial charge in [-0.2, -0.15) is 0 Å². The first-order valence-corrected chi connectivity index (χ1v) is 5.89. The molecule has 1 atom stereocenters. The summed E-state index contributed by atoms with van der Waals surface area (Å²) < 4.78 is 18.9. The molecule has 0 aliphatic carbocycles. The second-order valence-electron chi connectivity index (χ2n) is 4.53. The molecule has 4 nitrogen and oxygen atoms in total. The second kappa shape index (κ2) is 4.94. The summed E-state index contributed by atoms with van der Waals surface area (Å²) >= 11 is 0. The van der Waals surface area contributed by atoms with Crippen molar-refractivity contribution < 1.29 is 19.0 Å². The van der Waals surface area contributed by atoms with Crippen molar-refractivity contribution in [1.29, 1.82) is 0 Å². The molecule has 0 bridgehead atoms. The molecule has 0 spiro atoms. The number of hydrogen-bond donors (Lipinski definition) is 2. The minimum Gasteiger partial charge on any atom is -0.494 e. The molecular weight excluding hydrogens is 237 g/mol. The summed E-state index contributed by atoms with van der Waals surface area (Å²) in [6, 6.07) is 4.79. The molecule has 2 rings (SSSR count). The third-order valence-corrected chi connectivity index (χ3v) is 3.41. The van der Waals surface area contributed by atoms with Crippen molar-refractivity contribution in [1.82, 2.24) is 5.32 Å². The fourth-order valence-corrected chi connectivity index (χ4v) is 2.39. The van der Waals surface area contributed by atoms with Gasteiger partial charge in [-0.3, -0.25) is 4.79 Å². The predicted molar refractivity (Wildman–Crippen MR) is 64.3 cm³/mol. The van der Waals surface area contributed by atoms with Gasteiger partial charge in [0.2, 0.25) is 0 Å². The Balaban J connectivity index is 2.30. The Bertz CT molecular complexity index is 456. The number of benzene rings is 1. The number of nitrogens with one attached hydrogen (secondary N) is 1. The van der Waals surface area contributed by atoms with Crippen LogP contribution in [0.2, 0.25) is 0 Å². The number of carboxylic acids is 1. The van der Waals surface area contributed by atoms with Gasteiger partial charge in [0, 0.05) is 6.42 Å². The van der Waals surface area contributed by atoms with E-state index in [2.05, 4.69) is 5.32 Å². The fourth-order valence-electron chi connectivity index (χ4n) is 2.39. The first-order chi connectivity index (χ1) is 8.59. The Morgan fingerprint density at radius 1 is 1.61 bits per heavy atom. The van der Waals surface area contributed by atoms with Gasteiger partial charge in [0.05, 0.1) is 7.11 Å². The van der Waals surface area contributed by atoms with Crippen LogP contribution in [0.25, 0.3) is 0 Å². The van der Waals surface area contributed by atoms with Crippen molar-refractivity contribution >= 4 is 5.97 Å². The third-order valence-electron chi connectivity index (χ3n) is 3.41. The van der Waals surface area contributed by atoms with E-state index in [0.717, 1.165) is 6.42 Å². The van der Waals surface area contributed by atoms with Gasteiger partial charge < -0.3 is 15.2 Å². The van der Waals surface area contributed by atoms with E-state index in [4.69, 9.17) is 4.74 Å². The van der Waals surface area contributed by atoms with Crippen molar-refractivity contribution in [2.45, 2.75) is 24.8 Å². The Morgan fingerprint density at radius 3 is 2.94 bits per heavy atom. The Hall–Kier alpha value is -1.62. The Kier molecular flexibility index (Phi) is 3.52. The lowest BCUT2D eigenvalue weighted by atomic mass is 9.89. The lowest BCUT2D eigenvalue weighted by Crippen LogP contribution is -2.49. The average Bonchev–Trinajstić information content (AvgIpc) is 2.82. The molecule has 1 aliphatic heterocycles. The minimum atomic E-state index is -1.05. The van der Waals surface area contributed by atoms with Crippen LogP contribution in [0.15, 0.2) is 18.2 Å². The molecule has 98 valence electrons. The van der Waals surface area contributed by atoms with E-state index >= 15 is 0 Å². The fraction of sp³-hybridized carbons (Fsp3) is 0.462. The summed E-state index contributed by atoms with van der Waals surface area (Å²) in [5.41, 5.74) is -0.682. The Morgan fingerprint density at radius 2 is 2.39 bits per heavy atom. The number of carboxylic acid groups (broad SMARTS) is 1. The quantitative estimate of drug-likeness (QED) is 0.855. The summed E-state index contributed by atoms with van der Waals surface area (Å²) in [6.07, 6.45) is 1.43. The highest BCUT2D eigenvalue weighted by atomic mass is 19.1. The SMILES string of the molecule is COc1cccc(CC2(C(=O)O)CCCN2)c1F. The van der Waals surface area contributed by atoms with Crippen molar-refractivity contribution in [2.24, 2.45) is 0 Å². The van der Waals surface area contributed by atoms with Crippen LogP contribution in [0.4, 0.5) is 4.39 Å². The number of carbonyl (C=O) groups is 1. The maximum Gasteiger partial charge on any atom is 0.324 e. The van der Waals surface area contributed by atoms with Crippen LogP contribution in [0.5, 0.6) is 5.75 Å². The molecule has 0 aromatic heterocycles. The third kappa shape index (κ3) is 2.18. The lowest BCUT2D eigenvalue weighted by Gasteiger charge is -2.24. The van der Waals surface area contributed by atoms with Crippen LogP contribution in [0.1, 0.15) is 18.4 Å². The molecule has 1 heterocycles. The van der Waals surface area contributed by atoms with Gasteiger partial charge in [0.25, 0.3) is 0 Å². The monoisotopic (exact) mass is 253 g/mol. The molecule has 1 fully saturated rings. The molecule has 18 heavy (non-hydrogen) atoms. The van der Waals surface area contributed by atoms with Crippen LogP contribution in [0, 0.1) is 5.82 Å². The van der Waals surface area contributed by atoms with Crippen LogP contribution < -0.4 is 10.1 Å². The number of halogens is 1. The standard InChI is InChI=1S/C13H16FNO3/c1-18-10-5-2-4-9(11(10)14)8-13(12(16)17)6-3-7-15-13/h2,4-5,15H,3,6-8H2,1H3,(H,16,17). The van der Waals surface area contributed by atoms with Crippen molar-refractivity contribution in [3.05, 3.63) is 29.6 Å². The molecule has 1 aromatic carbocycles. The van der Waals surface area contributed by atoms with Gasteiger partial charge in [-0.25, -0.2) is 4.39 Å². The minimum absolute atomic E-state index is 0.130. The largest absolute Gasteiger partial charge is 0.494 e. The van der Waals surface area contributed by atoms with Crippen molar-refractivity contribution in [2.75, 3.05) is 13.7 Å².